The van der Waals surface area contributed by atoms with E-state index in [1.54, 1.807) is 18.2 Å². The first-order valence-corrected chi connectivity index (χ1v) is 10.1. The van der Waals surface area contributed by atoms with Crippen LogP contribution in [0.25, 0.3) is 0 Å². The number of aryl methyl sites for hydroxylation is 1. The van der Waals surface area contributed by atoms with Crippen LogP contribution in [-0.2, 0) is 5.75 Å². The Hall–Kier alpha value is -2.18. The van der Waals surface area contributed by atoms with Gasteiger partial charge in [-0.2, -0.15) is 4.98 Å². The molecule has 0 N–H and O–H groups in total. The summed E-state index contributed by atoms with van der Waals surface area (Å²) < 4.78 is 32.8. The Kier molecular flexibility index (Phi) is 6.52. The molecule has 0 aliphatic heterocycles. The van der Waals surface area contributed by atoms with Crippen LogP contribution in [-0.4, -0.2) is 9.97 Å². The molecular weight excluding hydrogens is 402 g/mol. The summed E-state index contributed by atoms with van der Waals surface area (Å²) in [5.74, 6) is 0.295. The van der Waals surface area contributed by atoms with Gasteiger partial charge in [-0.25, -0.2) is 13.8 Å². The summed E-state index contributed by atoms with van der Waals surface area (Å²) in [6.07, 6.45) is 0. The lowest BCUT2D eigenvalue weighted by Crippen LogP contribution is -2.00. The van der Waals surface area contributed by atoms with Crippen LogP contribution in [0.15, 0.2) is 47.6 Å². The van der Waals surface area contributed by atoms with Gasteiger partial charge >= 0.3 is 0 Å². The van der Waals surface area contributed by atoms with Crippen LogP contribution in [0.2, 0.25) is 5.02 Å². The molecule has 0 atom stereocenters. The molecule has 1 heterocycles. The summed E-state index contributed by atoms with van der Waals surface area (Å²) in [5.41, 5.74) is 2.11. The van der Waals surface area contributed by atoms with Gasteiger partial charge in [-0.05, 0) is 48.2 Å². The van der Waals surface area contributed by atoms with E-state index in [0.29, 0.717) is 27.4 Å². The van der Waals surface area contributed by atoms with E-state index in [-0.39, 0.29) is 11.7 Å². The summed E-state index contributed by atoms with van der Waals surface area (Å²) in [6.45, 7) is 5.94. The summed E-state index contributed by atoms with van der Waals surface area (Å²) in [4.78, 5) is 8.95. The lowest BCUT2D eigenvalue weighted by Gasteiger charge is -2.12. The number of rotatable bonds is 6. The second kappa shape index (κ2) is 8.88. The molecular formula is C21H19ClF2N2OS. The van der Waals surface area contributed by atoms with Crippen molar-refractivity contribution in [3.8, 4) is 11.6 Å². The van der Waals surface area contributed by atoms with Gasteiger partial charge in [0, 0.05) is 22.9 Å². The molecule has 0 amide bonds. The zero-order valence-electron chi connectivity index (χ0n) is 15.7. The molecule has 2 aromatic carbocycles. The lowest BCUT2D eigenvalue weighted by atomic mass is 10.1. The van der Waals surface area contributed by atoms with Gasteiger partial charge in [0.1, 0.15) is 17.4 Å². The zero-order chi connectivity index (χ0) is 20.3. The Morgan fingerprint density at radius 3 is 2.54 bits per heavy atom. The Labute approximate surface area is 172 Å². The fourth-order valence-corrected chi connectivity index (χ4v) is 3.38. The monoisotopic (exact) mass is 420 g/mol. The smallest absolute Gasteiger partial charge is 0.223 e. The number of hydrogen-bond acceptors (Lipinski definition) is 4. The van der Waals surface area contributed by atoms with Gasteiger partial charge in [-0.3, -0.25) is 0 Å². The van der Waals surface area contributed by atoms with E-state index in [1.807, 2.05) is 26.8 Å². The second-order valence-corrected chi connectivity index (χ2v) is 7.96. The molecule has 0 radical (unpaired) electrons. The number of thioether (sulfide) groups is 1. The van der Waals surface area contributed by atoms with Crippen molar-refractivity contribution in [1.29, 1.82) is 0 Å². The molecule has 0 aliphatic carbocycles. The van der Waals surface area contributed by atoms with Crippen molar-refractivity contribution in [3.63, 3.8) is 0 Å². The molecule has 0 unspecified atom stereocenters. The molecule has 0 saturated carbocycles. The minimum atomic E-state index is -0.599. The van der Waals surface area contributed by atoms with Crippen molar-refractivity contribution < 1.29 is 13.5 Å². The topological polar surface area (TPSA) is 35.0 Å². The van der Waals surface area contributed by atoms with Gasteiger partial charge in [0.25, 0.3) is 0 Å². The highest BCUT2D eigenvalue weighted by Crippen LogP contribution is 2.29. The maximum absolute atomic E-state index is 13.9. The van der Waals surface area contributed by atoms with Gasteiger partial charge in [0.05, 0.1) is 5.69 Å². The number of nitrogens with zero attached hydrogens (tertiary/aromatic N) is 2. The van der Waals surface area contributed by atoms with Crippen LogP contribution in [0.1, 0.15) is 36.6 Å². The maximum atomic E-state index is 13.9. The number of halogens is 3. The molecule has 3 nitrogen and oxygen atoms in total. The van der Waals surface area contributed by atoms with Crippen LogP contribution in [0.4, 0.5) is 8.78 Å². The molecule has 7 heteroatoms. The van der Waals surface area contributed by atoms with Crippen LogP contribution in [0.3, 0.4) is 0 Å². The third-order valence-corrected chi connectivity index (χ3v) is 5.34. The van der Waals surface area contributed by atoms with Gasteiger partial charge in [0.15, 0.2) is 5.16 Å². The predicted octanol–water partition coefficient (Wildman–Crippen LogP) is 6.92. The maximum Gasteiger partial charge on any atom is 0.223 e. The minimum absolute atomic E-state index is 0.166. The number of ether oxygens (including phenoxy) is 1. The first-order valence-electron chi connectivity index (χ1n) is 8.71. The zero-order valence-corrected chi connectivity index (χ0v) is 17.2. The normalized spacial score (nSPS) is 11.1. The van der Waals surface area contributed by atoms with Crippen molar-refractivity contribution in [1.82, 2.24) is 9.97 Å². The van der Waals surface area contributed by atoms with Crippen molar-refractivity contribution in [3.05, 3.63) is 75.9 Å². The molecule has 1 aromatic heterocycles. The lowest BCUT2D eigenvalue weighted by molar-refractivity contribution is 0.452. The average Bonchev–Trinajstić information content (AvgIpc) is 2.64. The summed E-state index contributed by atoms with van der Waals surface area (Å²) in [6, 6.07) is 10.7. The third kappa shape index (κ3) is 5.20. The SMILES string of the molecule is Cc1cc(Oc2cc(C(C)C)nc(SCc3ccc(F)cc3F)n2)ccc1Cl. The number of aromatic nitrogens is 2. The molecule has 3 rings (SSSR count). The van der Waals surface area contributed by atoms with E-state index >= 15 is 0 Å². The van der Waals surface area contributed by atoms with Gasteiger partial charge in [-0.15, -0.1) is 0 Å². The molecule has 146 valence electrons. The first kappa shape index (κ1) is 20.6. The molecule has 0 fully saturated rings. The molecule has 0 bridgehead atoms. The second-order valence-electron chi connectivity index (χ2n) is 6.61. The highest BCUT2D eigenvalue weighted by Gasteiger charge is 2.12. The van der Waals surface area contributed by atoms with Crippen molar-refractivity contribution in [2.45, 2.75) is 37.6 Å². The summed E-state index contributed by atoms with van der Waals surface area (Å²) in [5, 5.41) is 1.13. The first-order chi connectivity index (χ1) is 13.3. The van der Waals surface area contributed by atoms with E-state index in [4.69, 9.17) is 16.3 Å². The van der Waals surface area contributed by atoms with E-state index < -0.39 is 11.6 Å². The van der Waals surface area contributed by atoms with Crippen molar-refractivity contribution >= 4 is 23.4 Å². The Balaban J connectivity index is 1.83. The Morgan fingerprint density at radius 1 is 1.07 bits per heavy atom. The van der Waals surface area contributed by atoms with Gasteiger partial charge in [0.2, 0.25) is 5.88 Å². The van der Waals surface area contributed by atoms with Crippen molar-refractivity contribution in [2.75, 3.05) is 0 Å². The molecule has 3 aromatic rings. The van der Waals surface area contributed by atoms with E-state index in [0.717, 1.165) is 17.3 Å². The standard InChI is InChI=1S/C21H19ClF2N2OS/c1-12(2)19-10-20(27-16-6-7-17(22)13(3)8-16)26-21(25-19)28-11-14-4-5-15(23)9-18(14)24/h4-10,12H,11H2,1-3H3. The van der Waals surface area contributed by atoms with Gasteiger partial charge < -0.3 is 4.74 Å². The minimum Gasteiger partial charge on any atom is -0.439 e. The average molecular weight is 421 g/mol. The molecule has 0 spiro atoms. The number of benzene rings is 2. The van der Waals surface area contributed by atoms with E-state index in [9.17, 15) is 8.78 Å². The summed E-state index contributed by atoms with van der Waals surface area (Å²) >= 11 is 7.33. The molecule has 28 heavy (non-hydrogen) atoms. The van der Waals surface area contributed by atoms with Gasteiger partial charge in [-0.1, -0.05) is 43.3 Å². The van der Waals surface area contributed by atoms with Crippen molar-refractivity contribution in [2.24, 2.45) is 0 Å². The fraction of sp³-hybridized carbons (Fsp3) is 0.238. The Bertz CT molecular complexity index is 998. The highest BCUT2D eigenvalue weighted by molar-refractivity contribution is 7.98. The van der Waals surface area contributed by atoms with Crippen LogP contribution in [0.5, 0.6) is 11.6 Å². The van der Waals surface area contributed by atoms with E-state index in [1.165, 1.54) is 23.9 Å². The van der Waals surface area contributed by atoms with Crippen LogP contribution >= 0.6 is 23.4 Å². The third-order valence-electron chi connectivity index (χ3n) is 4.02. The van der Waals surface area contributed by atoms with Crippen LogP contribution < -0.4 is 4.74 Å². The van der Waals surface area contributed by atoms with E-state index in [2.05, 4.69) is 9.97 Å². The quantitative estimate of drug-likeness (QED) is 0.320. The summed E-state index contributed by atoms with van der Waals surface area (Å²) in [7, 11) is 0. The Morgan fingerprint density at radius 2 is 1.86 bits per heavy atom. The van der Waals surface area contributed by atoms with Crippen LogP contribution in [0, 0.1) is 18.6 Å². The number of hydrogen-bond donors (Lipinski definition) is 0. The highest BCUT2D eigenvalue weighted by atomic mass is 35.5. The molecule has 0 saturated heterocycles. The fourth-order valence-electron chi connectivity index (χ4n) is 2.42. The largest absolute Gasteiger partial charge is 0.439 e. The predicted molar refractivity (Wildman–Crippen MR) is 108 cm³/mol. The molecule has 0 aliphatic rings.